The van der Waals surface area contributed by atoms with Crippen LogP contribution < -0.4 is 4.74 Å². The Balaban J connectivity index is 1.72. The van der Waals surface area contributed by atoms with Crippen LogP contribution in [0.5, 0.6) is 5.75 Å². The summed E-state index contributed by atoms with van der Waals surface area (Å²) in [7, 11) is 1.55. The number of ketones is 1. The Morgan fingerprint density at radius 3 is 2.92 bits per heavy atom. The highest BCUT2D eigenvalue weighted by Gasteiger charge is 2.14. The van der Waals surface area contributed by atoms with Crippen molar-refractivity contribution in [1.82, 2.24) is 15.2 Å². The molecule has 0 spiro atoms. The number of nitrogens with one attached hydrogen (secondary N) is 1. The monoisotopic (exact) mass is 377 g/mol. The lowest BCUT2D eigenvalue weighted by Gasteiger charge is -2.05. The summed E-state index contributed by atoms with van der Waals surface area (Å²) in [6, 6.07) is 10.8. The van der Waals surface area contributed by atoms with Crippen molar-refractivity contribution in [3.05, 3.63) is 58.9 Å². The van der Waals surface area contributed by atoms with E-state index in [0.717, 1.165) is 11.8 Å². The van der Waals surface area contributed by atoms with Gasteiger partial charge in [-0.25, -0.2) is 9.37 Å². The summed E-state index contributed by atoms with van der Waals surface area (Å²) in [6.07, 6.45) is 0. The molecule has 3 aromatic rings. The summed E-state index contributed by atoms with van der Waals surface area (Å²) in [6.45, 7) is 0. The van der Waals surface area contributed by atoms with E-state index in [-0.39, 0.29) is 11.5 Å². The number of nitrogens with zero attached hydrogens (tertiary/aromatic N) is 2. The molecule has 3 rings (SSSR count). The molecule has 1 heterocycles. The van der Waals surface area contributed by atoms with E-state index >= 15 is 0 Å². The second kappa shape index (κ2) is 7.67. The number of carbonyl (C=O) groups excluding carboxylic acids is 1. The van der Waals surface area contributed by atoms with Gasteiger partial charge in [-0.15, -0.1) is 5.10 Å². The molecular weight excluding hydrogens is 365 g/mol. The largest absolute Gasteiger partial charge is 0.496 e. The van der Waals surface area contributed by atoms with Gasteiger partial charge in [-0.05, 0) is 30.3 Å². The zero-order chi connectivity index (χ0) is 17.8. The second-order valence-corrected chi connectivity index (χ2v) is 6.41. The maximum absolute atomic E-state index is 13.2. The highest BCUT2D eigenvalue weighted by molar-refractivity contribution is 7.99. The quantitative estimate of drug-likeness (QED) is 0.514. The van der Waals surface area contributed by atoms with Gasteiger partial charge >= 0.3 is 0 Å². The Hall–Kier alpha value is -2.38. The van der Waals surface area contributed by atoms with Gasteiger partial charge in [0.1, 0.15) is 11.6 Å². The molecule has 0 saturated heterocycles. The van der Waals surface area contributed by atoms with Crippen molar-refractivity contribution in [3.8, 4) is 17.1 Å². The third-order valence-electron chi connectivity index (χ3n) is 3.36. The smallest absolute Gasteiger partial charge is 0.209 e. The molecular formula is C17H13ClFN3O2S. The number of aromatic amines is 1. The highest BCUT2D eigenvalue weighted by Crippen LogP contribution is 2.31. The normalized spacial score (nSPS) is 10.7. The van der Waals surface area contributed by atoms with Crippen LogP contribution in [0.4, 0.5) is 4.39 Å². The number of thioether (sulfide) groups is 1. The second-order valence-electron chi connectivity index (χ2n) is 5.03. The number of hydrogen-bond acceptors (Lipinski definition) is 5. The third-order valence-corrected chi connectivity index (χ3v) is 4.44. The van der Waals surface area contributed by atoms with Gasteiger partial charge in [0.05, 0.1) is 18.4 Å². The lowest BCUT2D eigenvalue weighted by Crippen LogP contribution is -2.02. The van der Waals surface area contributed by atoms with Crippen molar-refractivity contribution in [2.24, 2.45) is 0 Å². The van der Waals surface area contributed by atoms with Gasteiger partial charge < -0.3 is 4.74 Å². The standard InChI is InChI=1S/C17H13ClFN3O2S/c1-24-15-6-5-11(18)8-13(15)16-20-17(22-21-16)25-9-14(23)10-3-2-4-12(19)7-10/h2-8H,9H2,1H3,(H,20,21,22). The van der Waals surface area contributed by atoms with Crippen molar-refractivity contribution >= 4 is 29.1 Å². The number of halogens is 2. The fourth-order valence-corrected chi connectivity index (χ4v) is 3.04. The fourth-order valence-electron chi connectivity index (χ4n) is 2.17. The first-order chi connectivity index (χ1) is 12.1. The molecule has 0 bridgehead atoms. The number of Topliss-reactive ketones (excluding diaryl/α,β-unsaturated/α-hetero) is 1. The molecule has 0 aliphatic carbocycles. The zero-order valence-corrected chi connectivity index (χ0v) is 14.7. The van der Waals surface area contributed by atoms with Crippen LogP contribution in [0.25, 0.3) is 11.4 Å². The Labute approximate surface area is 152 Å². The topological polar surface area (TPSA) is 67.9 Å². The van der Waals surface area contributed by atoms with E-state index in [2.05, 4.69) is 15.2 Å². The molecule has 5 nitrogen and oxygen atoms in total. The number of hydrogen-bond donors (Lipinski definition) is 1. The zero-order valence-electron chi connectivity index (χ0n) is 13.1. The molecule has 0 fully saturated rings. The first-order valence-corrected chi connectivity index (χ1v) is 8.61. The van der Waals surface area contributed by atoms with Crippen LogP contribution in [0.1, 0.15) is 10.4 Å². The molecule has 0 unspecified atom stereocenters. The Bertz CT molecular complexity index is 916. The molecule has 8 heteroatoms. The number of methoxy groups -OCH3 is 1. The van der Waals surface area contributed by atoms with Gasteiger partial charge in [0.2, 0.25) is 5.16 Å². The number of ether oxygens (including phenoxy) is 1. The Kier molecular flexibility index (Phi) is 5.35. The van der Waals surface area contributed by atoms with Gasteiger partial charge in [0.25, 0.3) is 0 Å². The molecule has 2 aromatic carbocycles. The number of benzene rings is 2. The maximum Gasteiger partial charge on any atom is 0.209 e. The minimum atomic E-state index is -0.441. The third kappa shape index (κ3) is 4.18. The van der Waals surface area contributed by atoms with Gasteiger partial charge in [-0.2, -0.15) is 0 Å². The molecule has 0 aliphatic rings. The summed E-state index contributed by atoms with van der Waals surface area (Å²) in [5.41, 5.74) is 0.991. The van der Waals surface area contributed by atoms with Gasteiger partial charge in [0.15, 0.2) is 11.6 Å². The summed E-state index contributed by atoms with van der Waals surface area (Å²) < 4.78 is 18.5. The minimum Gasteiger partial charge on any atom is -0.496 e. The van der Waals surface area contributed by atoms with Gasteiger partial charge in [0, 0.05) is 10.6 Å². The Morgan fingerprint density at radius 2 is 2.16 bits per heavy atom. The van der Waals surface area contributed by atoms with Crippen LogP contribution in [0.3, 0.4) is 0 Å². The van der Waals surface area contributed by atoms with E-state index in [1.54, 1.807) is 31.4 Å². The molecule has 0 amide bonds. The van der Waals surface area contributed by atoms with E-state index in [4.69, 9.17) is 16.3 Å². The van der Waals surface area contributed by atoms with E-state index in [1.165, 1.54) is 18.2 Å². The van der Waals surface area contributed by atoms with Crippen LogP contribution in [0.15, 0.2) is 47.6 Å². The highest BCUT2D eigenvalue weighted by atomic mass is 35.5. The van der Waals surface area contributed by atoms with Crippen molar-refractivity contribution in [3.63, 3.8) is 0 Å². The molecule has 0 radical (unpaired) electrons. The SMILES string of the molecule is COc1ccc(Cl)cc1-c1nc(SCC(=O)c2cccc(F)c2)n[nH]1. The van der Waals surface area contributed by atoms with Crippen molar-refractivity contribution in [2.45, 2.75) is 5.16 Å². The number of H-pyrrole nitrogens is 1. The molecule has 1 aromatic heterocycles. The first kappa shape index (κ1) is 17.4. The van der Waals surface area contributed by atoms with Crippen molar-refractivity contribution < 1.29 is 13.9 Å². The first-order valence-electron chi connectivity index (χ1n) is 7.24. The van der Waals surface area contributed by atoms with Crippen LogP contribution in [0.2, 0.25) is 5.02 Å². The molecule has 0 atom stereocenters. The minimum absolute atomic E-state index is 0.105. The van der Waals surface area contributed by atoms with Crippen LogP contribution in [0, 0.1) is 5.82 Å². The van der Waals surface area contributed by atoms with Crippen molar-refractivity contribution in [2.75, 3.05) is 12.9 Å². The number of rotatable bonds is 6. The van der Waals surface area contributed by atoms with Gasteiger partial charge in [-0.1, -0.05) is 35.5 Å². The Morgan fingerprint density at radius 1 is 1.32 bits per heavy atom. The van der Waals surface area contributed by atoms with E-state index in [0.29, 0.717) is 32.9 Å². The molecule has 128 valence electrons. The van der Waals surface area contributed by atoms with Crippen molar-refractivity contribution in [1.29, 1.82) is 0 Å². The van der Waals surface area contributed by atoms with Crippen LogP contribution in [-0.2, 0) is 0 Å². The number of aromatic nitrogens is 3. The van der Waals surface area contributed by atoms with Crippen LogP contribution >= 0.6 is 23.4 Å². The predicted octanol–water partition coefficient (Wildman–Crippen LogP) is 4.25. The summed E-state index contributed by atoms with van der Waals surface area (Å²) in [5.74, 6) is 0.557. The van der Waals surface area contributed by atoms with E-state index < -0.39 is 5.82 Å². The maximum atomic E-state index is 13.2. The van der Waals surface area contributed by atoms with Gasteiger partial charge in [-0.3, -0.25) is 9.89 Å². The van der Waals surface area contributed by atoms with E-state index in [9.17, 15) is 9.18 Å². The summed E-state index contributed by atoms with van der Waals surface area (Å²) >= 11 is 7.18. The average molecular weight is 378 g/mol. The molecule has 25 heavy (non-hydrogen) atoms. The molecule has 0 saturated carbocycles. The molecule has 0 aliphatic heterocycles. The summed E-state index contributed by atoms with van der Waals surface area (Å²) in [5, 5.41) is 7.84. The fraction of sp³-hybridized carbons (Fsp3) is 0.118. The summed E-state index contributed by atoms with van der Waals surface area (Å²) in [4.78, 5) is 16.4. The number of carbonyl (C=O) groups is 1. The van der Waals surface area contributed by atoms with Crippen LogP contribution in [-0.4, -0.2) is 33.8 Å². The average Bonchev–Trinajstić information content (AvgIpc) is 3.08. The van der Waals surface area contributed by atoms with E-state index in [1.807, 2.05) is 0 Å². The lowest BCUT2D eigenvalue weighted by atomic mass is 10.1. The predicted molar refractivity (Wildman–Crippen MR) is 94.8 cm³/mol. The lowest BCUT2D eigenvalue weighted by molar-refractivity contribution is 0.102. The molecule has 1 N–H and O–H groups in total.